The first kappa shape index (κ1) is 17.3. The SMILES string of the molecule is CCCNC(=O)CCNC(=O)NCCc1ccc(Cl)cc1. The molecule has 5 nitrogen and oxygen atoms in total. The Morgan fingerprint density at radius 3 is 2.33 bits per heavy atom. The van der Waals surface area contributed by atoms with Crippen molar-refractivity contribution in [1.29, 1.82) is 0 Å². The molecule has 3 amide bonds. The second-order valence-corrected chi connectivity index (χ2v) is 5.10. The summed E-state index contributed by atoms with van der Waals surface area (Å²) in [6.45, 7) is 3.54. The van der Waals surface area contributed by atoms with Gasteiger partial charge in [-0.1, -0.05) is 30.7 Å². The number of nitrogens with one attached hydrogen (secondary N) is 3. The van der Waals surface area contributed by atoms with Gasteiger partial charge in [0.05, 0.1) is 0 Å². The fourth-order valence-corrected chi connectivity index (χ4v) is 1.80. The Morgan fingerprint density at radius 1 is 1.00 bits per heavy atom. The van der Waals surface area contributed by atoms with Gasteiger partial charge < -0.3 is 16.0 Å². The van der Waals surface area contributed by atoms with Crippen molar-refractivity contribution < 1.29 is 9.59 Å². The van der Waals surface area contributed by atoms with Crippen molar-refractivity contribution in [2.75, 3.05) is 19.6 Å². The molecule has 6 heteroatoms. The molecule has 1 aromatic carbocycles. The minimum atomic E-state index is -0.257. The fourth-order valence-electron chi connectivity index (χ4n) is 1.68. The predicted molar refractivity (Wildman–Crippen MR) is 84.5 cm³/mol. The van der Waals surface area contributed by atoms with Crippen molar-refractivity contribution in [3.8, 4) is 0 Å². The van der Waals surface area contributed by atoms with Crippen LogP contribution in [0, 0.1) is 0 Å². The summed E-state index contributed by atoms with van der Waals surface area (Å²) in [5.74, 6) is -0.0432. The van der Waals surface area contributed by atoms with Crippen molar-refractivity contribution in [3.63, 3.8) is 0 Å². The molecule has 0 saturated carbocycles. The highest BCUT2D eigenvalue weighted by atomic mass is 35.5. The number of halogens is 1. The standard InChI is InChI=1S/C15H22ClN3O2/c1-2-9-17-14(20)8-11-19-15(21)18-10-7-12-3-5-13(16)6-4-12/h3-6H,2,7-11H2,1H3,(H,17,20)(H2,18,19,21). The average Bonchev–Trinajstić information content (AvgIpc) is 2.47. The summed E-state index contributed by atoms with van der Waals surface area (Å²) in [4.78, 5) is 22.8. The van der Waals surface area contributed by atoms with Gasteiger partial charge in [-0.2, -0.15) is 0 Å². The quantitative estimate of drug-likeness (QED) is 0.688. The van der Waals surface area contributed by atoms with Crippen molar-refractivity contribution in [2.24, 2.45) is 0 Å². The highest BCUT2D eigenvalue weighted by Gasteiger charge is 2.03. The van der Waals surface area contributed by atoms with Crippen molar-refractivity contribution >= 4 is 23.5 Å². The summed E-state index contributed by atoms with van der Waals surface area (Å²) in [6, 6.07) is 7.25. The Kier molecular flexibility index (Phi) is 8.28. The highest BCUT2D eigenvalue weighted by Crippen LogP contribution is 2.09. The molecule has 0 spiro atoms. The lowest BCUT2D eigenvalue weighted by molar-refractivity contribution is -0.120. The molecule has 0 unspecified atom stereocenters. The van der Waals surface area contributed by atoms with E-state index in [1.807, 2.05) is 31.2 Å². The highest BCUT2D eigenvalue weighted by molar-refractivity contribution is 6.30. The zero-order valence-corrected chi connectivity index (χ0v) is 13.0. The van der Waals surface area contributed by atoms with E-state index in [0.717, 1.165) is 18.4 Å². The minimum Gasteiger partial charge on any atom is -0.356 e. The maximum Gasteiger partial charge on any atom is 0.314 e. The number of carbonyl (C=O) groups excluding carboxylic acids is 2. The molecular weight excluding hydrogens is 290 g/mol. The Labute approximate surface area is 130 Å². The maximum atomic E-state index is 11.5. The minimum absolute atomic E-state index is 0.0432. The molecule has 0 aliphatic carbocycles. The Morgan fingerprint density at radius 2 is 1.67 bits per heavy atom. The molecular formula is C15H22ClN3O2. The largest absolute Gasteiger partial charge is 0.356 e. The van der Waals surface area contributed by atoms with Gasteiger partial charge in [0.2, 0.25) is 5.91 Å². The zero-order chi connectivity index (χ0) is 15.5. The summed E-state index contributed by atoms with van der Waals surface area (Å²) >= 11 is 5.80. The number of urea groups is 1. The van der Waals surface area contributed by atoms with Gasteiger partial charge in [0.15, 0.2) is 0 Å². The van der Waals surface area contributed by atoms with Gasteiger partial charge in [-0.3, -0.25) is 4.79 Å². The van der Waals surface area contributed by atoms with Crippen LogP contribution in [0.3, 0.4) is 0 Å². The first-order chi connectivity index (χ1) is 10.1. The average molecular weight is 312 g/mol. The van der Waals surface area contributed by atoms with Gasteiger partial charge in [-0.15, -0.1) is 0 Å². The normalized spacial score (nSPS) is 10.0. The molecule has 116 valence electrons. The number of amides is 3. The smallest absolute Gasteiger partial charge is 0.314 e. The first-order valence-corrected chi connectivity index (χ1v) is 7.52. The molecule has 0 bridgehead atoms. The number of carbonyl (C=O) groups is 2. The Hall–Kier alpha value is -1.75. The number of rotatable bonds is 8. The van der Waals surface area contributed by atoms with E-state index in [9.17, 15) is 9.59 Å². The van der Waals surface area contributed by atoms with Crippen LogP contribution >= 0.6 is 11.6 Å². The summed E-state index contributed by atoms with van der Waals surface area (Å²) in [7, 11) is 0. The summed E-state index contributed by atoms with van der Waals surface area (Å²) < 4.78 is 0. The van der Waals surface area contributed by atoms with E-state index in [2.05, 4.69) is 16.0 Å². The molecule has 0 aromatic heterocycles. The monoisotopic (exact) mass is 311 g/mol. The van der Waals surface area contributed by atoms with E-state index in [-0.39, 0.29) is 11.9 Å². The van der Waals surface area contributed by atoms with Crippen LogP contribution in [0.25, 0.3) is 0 Å². The van der Waals surface area contributed by atoms with Gasteiger partial charge in [-0.05, 0) is 30.5 Å². The molecule has 0 heterocycles. The third-order valence-electron chi connectivity index (χ3n) is 2.82. The number of hydrogen-bond donors (Lipinski definition) is 3. The van der Waals surface area contributed by atoms with Gasteiger partial charge in [0.1, 0.15) is 0 Å². The van der Waals surface area contributed by atoms with E-state index in [0.29, 0.717) is 31.1 Å². The van der Waals surface area contributed by atoms with Gasteiger partial charge in [0, 0.05) is 31.1 Å². The van der Waals surface area contributed by atoms with Gasteiger partial charge in [-0.25, -0.2) is 4.79 Å². The van der Waals surface area contributed by atoms with Crippen molar-refractivity contribution in [3.05, 3.63) is 34.9 Å². The zero-order valence-electron chi connectivity index (χ0n) is 12.2. The van der Waals surface area contributed by atoms with E-state index < -0.39 is 0 Å². The van der Waals surface area contributed by atoms with Crippen LogP contribution in [0.15, 0.2) is 24.3 Å². The van der Waals surface area contributed by atoms with Crippen LogP contribution in [0.2, 0.25) is 5.02 Å². The number of benzene rings is 1. The van der Waals surface area contributed by atoms with Crippen molar-refractivity contribution in [1.82, 2.24) is 16.0 Å². The van der Waals surface area contributed by atoms with Crippen LogP contribution in [-0.4, -0.2) is 31.6 Å². The van der Waals surface area contributed by atoms with E-state index in [1.54, 1.807) is 0 Å². The van der Waals surface area contributed by atoms with Crippen LogP contribution < -0.4 is 16.0 Å². The second-order valence-electron chi connectivity index (χ2n) is 4.66. The second kappa shape index (κ2) is 10.0. The van der Waals surface area contributed by atoms with Crippen LogP contribution in [0.4, 0.5) is 4.79 Å². The van der Waals surface area contributed by atoms with Crippen LogP contribution in [-0.2, 0) is 11.2 Å². The molecule has 0 fully saturated rings. The molecule has 0 radical (unpaired) electrons. The lowest BCUT2D eigenvalue weighted by Gasteiger charge is -2.08. The van der Waals surface area contributed by atoms with Gasteiger partial charge in [0.25, 0.3) is 0 Å². The molecule has 0 saturated heterocycles. The van der Waals surface area contributed by atoms with Crippen LogP contribution in [0.5, 0.6) is 0 Å². The Bertz CT molecular complexity index is 449. The maximum absolute atomic E-state index is 11.5. The van der Waals surface area contributed by atoms with Crippen LogP contribution in [0.1, 0.15) is 25.3 Å². The lowest BCUT2D eigenvalue weighted by atomic mass is 10.1. The molecule has 3 N–H and O–H groups in total. The Balaban J connectivity index is 2.08. The molecule has 0 atom stereocenters. The van der Waals surface area contributed by atoms with Crippen molar-refractivity contribution in [2.45, 2.75) is 26.2 Å². The fraction of sp³-hybridized carbons (Fsp3) is 0.467. The lowest BCUT2D eigenvalue weighted by Crippen LogP contribution is -2.38. The summed E-state index contributed by atoms with van der Waals surface area (Å²) in [5.41, 5.74) is 1.11. The molecule has 21 heavy (non-hydrogen) atoms. The molecule has 1 aromatic rings. The molecule has 0 aliphatic heterocycles. The van der Waals surface area contributed by atoms with Gasteiger partial charge >= 0.3 is 6.03 Å². The van der Waals surface area contributed by atoms with E-state index in [4.69, 9.17) is 11.6 Å². The predicted octanol–water partition coefficient (Wildman–Crippen LogP) is 2.10. The molecule has 1 rings (SSSR count). The van der Waals surface area contributed by atoms with E-state index >= 15 is 0 Å². The third-order valence-corrected chi connectivity index (χ3v) is 3.07. The summed E-state index contributed by atoms with van der Waals surface area (Å²) in [6.07, 6.45) is 1.94. The number of hydrogen-bond acceptors (Lipinski definition) is 2. The topological polar surface area (TPSA) is 70.2 Å². The van der Waals surface area contributed by atoms with E-state index in [1.165, 1.54) is 0 Å². The summed E-state index contributed by atoms with van der Waals surface area (Å²) in [5, 5.41) is 8.85. The first-order valence-electron chi connectivity index (χ1n) is 7.14. The molecule has 0 aliphatic rings. The third kappa shape index (κ3) is 8.19.